The summed E-state index contributed by atoms with van der Waals surface area (Å²) >= 11 is 0. The van der Waals surface area contributed by atoms with Gasteiger partial charge in [-0.05, 0) is 70.6 Å². The maximum atomic E-state index is 12.6. The normalized spacial score (nSPS) is 14.2. The number of aliphatic carboxylic acids is 1. The minimum absolute atomic E-state index is 0.143. The molecule has 0 rings (SSSR count). The summed E-state index contributed by atoms with van der Waals surface area (Å²) < 4.78 is 32.6. The predicted octanol–water partition coefficient (Wildman–Crippen LogP) is 10.1. The number of nitrogens with two attached hydrogens (primary N) is 1. The summed E-state index contributed by atoms with van der Waals surface area (Å²) in [6.07, 6.45) is 36.4. The summed E-state index contributed by atoms with van der Waals surface area (Å²) in [4.78, 5) is 45.8. The van der Waals surface area contributed by atoms with Gasteiger partial charge in [-0.1, -0.05) is 121 Å². The third kappa shape index (κ3) is 34.8. The van der Waals surface area contributed by atoms with Gasteiger partial charge in [0.25, 0.3) is 0 Å². The highest BCUT2D eigenvalue weighted by molar-refractivity contribution is 7.47. The number of carbonyl (C=O) groups excluding carboxylic acids is 2. The molecule has 4 N–H and O–H groups in total. The van der Waals surface area contributed by atoms with Gasteiger partial charge in [-0.3, -0.25) is 23.4 Å². The highest BCUT2D eigenvalue weighted by Crippen LogP contribution is 2.43. The van der Waals surface area contributed by atoms with E-state index in [-0.39, 0.29) is 19.4 Å². The van der Waals surface area contributed by atoms with Gasteiger partial charge in [-0.15, -0.1) is 0 Å². The number of hydrogen-bond donors (Lipinski definition) is 3. The molecule has 0 aromatic rings. The van der Waals surface area contributed by atoms with Crippen molar-refractivity contribution in [3.8, 4) is 0 Å². The van der Waals surface area contributed by atoms with Crippen molar-refractivity contribution in [2.24, 2.45) is 5.73 Å². The van der Waals surface area contributed by atoms with Crippen molar-refractivity contribution in [2.75, 3.05) is 19.8 Å². The van der Waals surface area contributed by atoms with Gasteiger partial charge >= 0.3 is 25.7 Å². The zero-order valence-electron chi connectivity index (χ0n) is 32.4. The van der Waals surface area contributed by atoms with E-state index < -0.39 is 51.1 Å². The molecule has 302 valence electrons. The first-order valence-corrected chi connectivity index (χ1v) is 21.5. The van der Waals surface area contributed by atoms with Gasteiger partial charge in [0.2, 0.25) is 0 Å². The molecule has 0 radical (unpaired) electrons. The first-order chi connectivity index (χ1) is 25.1. The Morgan fingerprint density at radius 1 is 0.596 bits per heavy atom. The van der Waals surface area contributed by atoms with Crippen molar-refractivity contribution < 1.29 is 47.5 Å². The minimum Gasteiger partial charge on any atom is -0.480 e. The SMILES string of the molecule is CCCCC/C=C/C/C=C/CCCCCCCC(=O)O[C@H](COC(=O)CCCCCCC/C=C/CCCCCC)COP(=O)(O)OC[C@H](N)C(=O)O. The number of hydrogen-bond acceptors (Lipinski definition) is 9. The number of unbranched alkanes of at least 4 members (excludes halogenated alkanes) is 17. The molecule has 0 saturated carbocycles. The monoisotopic (exact) mass is 757 g/mol. The smallest absolute Gasteiger partial charge is 0.472 e. The van der Waals surface area contributed by atoms with Crippen LogP contribution in [0.4, 0.5) is 0 Å². The van der Waals surface area contributed by atoms with Crippen LogP contribution in [0.3, 0.4) is 0 Å². The molecule has 0 fully saturated rings. The van der Waals surface area contributed by atoms with Crippen molar-refractivity contribution >= 4 is 25.7 Å². The van der Waals surface area contributed by atoms with Crippen molar-refractivity contribution in [3.05, 3.63) is 36.5 Å². The molecule has 0 saturated heterocycles. The quantitative estimate of drug-likeness (QED) is 0.0238. The molecule has 52 heavy (non-hydrogen) atoms. The Hall–Kier alpha value is -2.30. The van der Waals surface area contributed by atoms with Gasteiger partial charge in [0.15, 0.2) is 6.10 Å². The Morgan fingerprint density at radius 3 is 1.56 bits per heavy atom. The van der Waals surface area contributed by atoms with Crippen LogP contribution in [-0.4, -0.2) is 59.9 Å². The maximum Gasteiger partial charge on any atom is 0.472 e. The van der Waals surface area contributed by atoms with E-state index in [2.05, 4.69) is 54.8 Å². The summed E-state index contributed by atoms with van der Waals surface area (Å²) in [6, 6.07) is -1.52. The van der Waals surface area contributed by atoms with E-state index in [9.17, 15) is 23.8 Å². The molecule has 3 atom stereocenters. The third-order valence-electron chi connectivity index (χ3n) is 8.36. The molecule has 0 spiro atoms. The van der Waals surface area contributed by atoms with Gasteiger partial charge < -0.3 is 25.2 Å². The minimum atomic E-state index is -4.72. The summed E-state index contributed by atoms with van der Waals surface area (Å²) in [5.74, 6) is -2.41. The second-order valence-electron chi connectivity index (χ2n) is 13.4. The lowest BCUT2D eigenvalue weighted by atomic mass is 10.1. The molecule has 0 aliphatic rings. The zero-order chi connectivity index (χ0) is 38.5. The van der Waals surface area contributed by atoms with Crippen molar-refractivity contribution in [2.45, 2.75) is 180 Å². The molecule has 12 heteroatoms. The van der Waals surface area contributed by atoms with Gasteiger partial charge in [0.05, 0.1) is 13.2 Å². The maximum absolute atomic E-state index is 12.6. The Labute approximate surface area is 314 Å². The fourth-order valence-electron chi connectivity index (χ4n) is 5.15. The van der Waals surface area contributed by atoms with Crippen LogP contribution < -0.4 is 5.73 Å². The summed E-state index contributed by atoms with van der Waals surface area (Å²) in [7, 11) is -4.72. The van der Waals surface area contributed by atoms with E-state index in [0.717, 1.165) is 83.5 Å². The molecule has 11 nitrogen and oxygen atoms in total. The summed E-state index contributed by atoms with van der Waals surface area (Å²) in [5.41, 5.74) is 5.32. The Kier molecular flexibility index (Phi) is 34.1. The number of phosphoric acid groups is 1. The number of ether oxygens (including phenoxy) is 2. The van der Waals surface area contributed by atoms with E-state index in [1.807, 2.05) is 0 Å². The molecular weight excluding hydrogens is 685 g/mol. The van der Waals surface area contributed by atoms with E-state index in [0.29, 0.717) is 12.8 Å². The summed E-state index contributed by atoms with van der Waals surface area (Å²) in [5, 5.41) is 8.86. The number of carboxylic acids is 1. The molecule has 0 aromatic heterocycles. The molecule has 0 amide bonds. The largest absolute Gasteiger partial charge is 0.480 e. The molecular formula is C40H72NO10P. The van der Waals surface area contributed by atoms with Gasteiger partial charge in [-0.2, -0.15) is 0 Å². The van der Waals surface area contributed by atoms with Crippen LogP contribution in [0.15, 0.2) is 36.5 Å². The molecule has 1 unspecified atom stereocenters. The van der Waals surface area contributed by atoms with Crippen LogP contribution in [0, 0.1) is 0 Å². The number of carboxylic acid groups (broad SMARTS) is 1. The van der Waals surface area contributed by atoms with Gasteiger partial charge in [0.1, 0.15) is 12.6 Å². The second-order valence-corrected chi connectivity index (χ2v) is 14.9. The standard InChI is InChI=1S/C40H72NO10P/c1-3-5-7-9-11-13-15-17-18-20-22-24-26-28-30-32-39(43)51-36(34-49-52(46,47)50-35-37(41)40(44)45)33-48-38(42)31-29-27-25-23-21-19-16-14-12-10-8-6-4-2/h11,13-14,16-18,36-37H,3-10,12,15,19-35,41H2,1-2H3,(H,44,45)(H,46,47)/b13-11+,16-14+,18-17+/t36-,37+/m1/s1. The fourth-order valence-corrected chi connectivity index (χ4v) is 5.92. The lowest BCUT2D eigenvalue weighted by Crippen LogP contribution is -2.34. The number of rotatable bonds is 37. The van der Waals surface area contributed by atoms with Crippen LogP contribution in [-0.2, 0) is 37.5 Å². The third-order valence-corrected chi connectivity index (χ3v) is 9.31. The van der Waals surface area contributed by atoms with E-state index in [1.54, 1.807) is 0 Å². The molecule has 0 heterocycles. The average Bonchev–Trinajstić information content (AvgIpc) is 3.12. The van der Waals surface area contributed by atoms with Crippen LogP contribution in [0.25, 0.3) is 0 Å². The summed E-state index contributed by atoms with van der Waals surface area (Å²) in [6.45, 7) is 2.72. The van der Waals surface area contributed by atoms with Crippen molar-refractivity contribution in [1.29, 1.82) is 0 Å². The topological polar surface area (TPSA) is 172 Å². The van der Waals surface area contributed by atoms with Crippen LogP contribution in [0.5, 0.6) is 0 Å². The van der Waals surface area contributed by atoms with Crippen molar-refractivity contribution in [3.63, 3.8) is 0 Å². The lowest BCUT2D eigenvalue weighted by molar-refractivity contribution is -0.161. The van der Waals surface area contributed by atoms with Crippen LogP contribution in [0.1, 0.15) is 168 Å². The molecule has 0 aliphatic carbocycles. The van der Waals surface area contributed by atoms with E-state index >= 15 is 0 Å². The first-order valence-electron chi connectivity index (χ1n) is 20.0. The van der Waals surface area contributed by atoms with Gasteiger partial charge in [0, 0.05) is 12.8 Å². The zero-order valence-corrected chi connectivity index (χ0v) is 33.3. The van der Waals surface area contributed by atoms with Crippen LogP contribution in [0.2, 0.25) is 0 Å². The Balaban J connectivity index is 4.46. The first kappa shape index (κ1) is 49.7. The van der Waals surface area contributed by atoms with E-state index in [1.165, 1.54) is 44.9 Å². The number of allylic oxidation sites excluding steroid dienone is 6. The van der Waals surface area contributed by atoms with Gasteiger partial charge in [-0.25, -0.2) is 4.57 Å². The van der Waals surface area contributed by atoms with Crippen molar-refractivity contribution in [1.82, 2.24) is 0 Å². The highest BCUT2D eigenvalue weighted by atomic mass is 31.2. The predicted molar refractivity (Wildman–Crippen MR) is 208 cm³/mol. The Morgan fingerprint density at radius 2 is 1.02 bits per heavy atom. The second kappa shape index (κ2) is 35.7. The van der Waals surface area contributed by atoms with E-state index in [4.69, 9.17) is 24.8 Å². The fraction of sp³-hybridized carbons (Fsp3) is 0.775. The van der Waals surface area contributed by atoms with Crippen LogP contribution >= 0.6 is 7.82 Å². The number of esters is 2. The highest BCUT2D eigenvalue weighted by Gasteiger charge is 2.28. The molecule has 0 bridgehead atoms. The number of phosphoric ester groups is 1. The average molecular weight is 758 g/mol. The molecule has 0 aliphatic heterocycles. The number of carbonyl (C=O) groups is 3. The lowest BCUT2D eigenvalue weighted by Gasteiger charge is -2.20. The Bertz CT molecular complexity index is 1030. The molecule has 0 aromatic carbocycles.